The van der Waals surface area contributed by atoms with E-state index in [0.717, 1.165) is 32.2 Å². The van der Waals surface area contributed by atoms with Crippen LogP contribution < -0.4 is 15.8 Å². The minimum atomic E-state index is 0.517. The van der Waals surface area contributed by atoms with Gasteiger partial charge in [0.25, 0.3) is 0 Å². The fraction of sp³-hybridized carbons (Fsp3) is 0.278. The fourth-order valence-corrected chi connectivity index (χ4v) is 3.30. The molecule has 6 heteroatoms. The van der Waals surface area contributed by atoms with Gasteiger partial charge in [-0.1, -0.05) is 0 Å². The largest absolute Gasteiger partial charge is 0.491 e. The number of nitrogens with two attached hydrogens (primary N) is 1. The maximum atomic E-state index is 5.71. The molecule has 0 unspecified atom stereocenters. The van der Waals surface area contributed by atoms with Gasteiger partial charge >= 0.3 is 0 Å². The van der Waals surface area contributed by atoms with Gasteiger partial charge in [-0.2, -0.15) is 0 Å². The lowest BCUT2D eigenvalue weighted by molar-refractivity contribution is 0.106. The molecule has 3 N–H and O–H groups in total. The van der Waals surface area contributed by atoms with E-state index in [1.54, 1.807) is 11.3 Å². The van der Waals surface area contributed by atoms with Gasteiger partial charge in [0, 0.05) is 24.8 Å². The van der Waals surface area contributed by atoms with Gasteiger partial charge in [0.05, 0.1) is 23.4 Å². The second kappa shape index (κ2) is 8.10. The first-order valence-electron chi connectivity index (χ1n) is 7.89. The Bertz CT molecular complexity index is 787. The van der Waals surface area contributed by atoms with Crippen LogP contribution in [0, 0.1) is 0 Å². The third-order valence-electron chi connectivity index (χ3n) is 3.54. The van der Waals surface area contributed by atoms with E-state index in [0.29, 0.717) is 26.4 Å². The zero-order valence-electron chi connectivity index (χ0n) is 13.6. The summed E-state index contributed by atoms with van der Waals surface area (Å²) in [6.45, 7) is 2.15. The Labute approximate surface area is 145 Å². The summed E-state index contributed by atoms with van der Waals surface area (Å²) in [5, 5.41) is 4.13. The quantitative estimate of drug-likeness (QED) is 0.614. The van der Waals surface area contributed by atoms with Crippen LogP contribution in [0.4, 0.5) is 5.69 Å². The number of thiazole rings is 1. The van der Waals surface area contributed by atoms with Crippen LogP contribution in [0.3, 0.4) is 0 Å². The first-order valence-corrected chi connectivity index (χ1v) is 8.71. The second-order valence-electron chi connectivity index (χ2n) is 5.23. The van der Waals surface area contributed by atoms with Crippen molar-refractivity contribution in [3.63, 3.8) is 0 Å². The number of hydrogen-bond donors (Lipinski definition) is 2. The van der Waals surface area contributed by atoms with Gasteiger partial charge in [0.15, 0.2) is 0 Å². The van der Waals surface area contributed by atoms with Crippen LogP contribution in [0.25, 0.3) is 20.8 Å². The van der Waals surface area contributed by atoms with Crippen LogP contribution in [-0.4, -0.2) is 38.4 Å². The highest BCUT2D eigenvalue weighted by Crippen LogP contribution is 2.32. The number of ether oxygens (including phenoxy) is 2. The van der Waals surface area contributed by atoms with Crippen LogP contribution in [0.5, 0.6) is 5.75 Å². The topological polar surface area (TPSA) is 69.4 Å². The Hall–Kier alpha value is -2.15. The molecule has 0 radical (unpaired) electrons. The van der Waals surface area contributed by atoms with Crippen molar-refractivity contribution in [1.29, 1.82) is 0 Å². The number of hydrogen-bond acceptors (Lipinski definition) is 6. The Morgan fingerprint density at radius 3 is 2.67 bits per heavy atom. The molecule has 0 aliphatic heterocycles. The molecule has 1 heterocycles. The molecule has 0 aliphatic carbocycles. The van der Waals surface area contributed by atoms with Crippen LogP contribution in [0.2, 0.25) is 0 Å². The number of benzene rings is 2. The second-order valence-corrected chi connectivity index (χ2v) is 6.26. The molecule has 0 bridgehead atoms. The standard InChI is InChI=1S/C18H21N3O2S/c1-20-14-4-2-13(3-5-14)18-21-16-7-6-15(12-17(16)24-18)23-11-10-22-9-8-19/h2-7,12,20H,8-11,19H2,1H3. The van der Waals surface area contributed by atoms with Crippen molar-refractivity contribution in [3.05, 3.63) is 42.5 Å². The molecule has 0 amide bonds. The van der Waals surface area contributed by atoms with Crippen molar-refractivity contribution in [2.24, 2.45) is 5.73 Å². The van der Waals surface area contributed by atoms with Crippen molar-refractivity contribution in [2.75, 3.05) is 38.7 Å². The highest BCUT2D eigenvalue weighted by atomic mass is 32.1. The lowest BCUT2D eigenvalue weighted by Crippen LogP contribution is -2.13. The Kier molecular flexibility index (Phi) is 5.63. The van der Waals surface area contributed by atoms with Crippen molar-refractivity contribution in [3.8, 4) is 16.3 Å². The summed E-state index contributed by atoms with van der Waals surface area (Å²) in [5.41, 5.74) is 8.57. The molecule has 0 saturated heterocycles. The Balaban J connectivity index is 1.71. The minimum Gasteiger partial charge on any atom is -0.491 e. The molecular weight excluding hydrogens is 322 g/mol. The average molecular weight is 343 g/mol. The monoisotopic (exact) mass is 343 g/mol. The summed E-state index contributed by atoms with van der Waals surface area (Å²) in [6, 6.07) is 14.2. The van der Waals surface area contributed by atoms with Gasteiger partial charge in [0.2, 0.25) is 0 Å². The van der Waals surface area contributed by atoms with E-state index >= 15 is 0 Å². The van der Waals surface area contributed by atoms with Gasteiger partial charge in [-0.05, 0) is 42.5 Å². The number of nitrogens with one attached hydrogen (secondary N) is 1. The highest BCUT2D eigenvalue weighted by molar-refractivity contribution is 7.21. The molecule has 3 rings (SSSR count). The van der Waals surface area contributed by atoms with E-state index in [9.17, 15) is 0 Å². The van der Waals surface area contributed by atoms with Crippen LogP contribution in [0.15, 0.2) is 42.5 Å². The first kappa shape index (κ1) is 16.7. The molecule has 0 aliphatic rings. The molecule has 2 aromatic carbocycles. The molecule has 24 heavy (non-hydrogen) atoms. The van der Waals surface area contributed by atoms with Crippen molar-refractivity contribution >= 4 is 27.2 Å². The number of nitrogens with zero attached hydrogens (tertiary/aromatic N) is 1. The SMILES string of the molecule is CNc1ccc(-c2nc3ccc(OCCOCCN)cc3s2)cc1. The third kappa shape index (κ3) is 4.03. The number of anilines is 1. The number of rotatable bonds is 8. The predicted octanol–water partition coefficient (Wildman–Crippen LogP) is 3.36. The van der Waals surface area contributed by atoms with E-state index in [1.807, 2.05) is 25.2 Å². The zero-order chi connectivity index (χ0) is 16.8. The van der Waals surface area contributed by atoms with Crippen molar-refractivity contribution < 1.29 is 9.47 Å². The number of aromatic nitrogens is 1. The van der Waals surface area contributed by atoms with Crippen LogP contribution in [-0.2, 0) is 4.74 Å². The molecule has 3 aromatic rings. The molecule has 0 saturated carbocycles. The summed E-state index contributed by atoms with van der Waals surface area (Å²) in [4.78, 5) is 4.70. The molecule has 0 atom stereocenters. The summed E-state index contributed by atoms with van der Waals surface area (Å²) in [6.07, 6.45) is 0. The van der Waals surface area contributed by atoms with Crippen LogP contribution in [0.1, 0.15) is 0 Å². The normalized spacial score (nSPS) is 10.9. The van der Waals surface area contributed by atoms with Crippen LogP contribution >= 0.6 is 11.3 Å². The fourth-order valence-electron chi connectivity index (χ4n) is 2.30. The van der Waals surface area contributed by atoms with Gasteiger partial charge in [0.1, 0.15) is 17.4 Å². The van der Waals surface area contributed by atoms with Crippen molar-refractivity contribution in [2.45, 2.75) is 0 Å². The molecule has 0 spiro atoms. The van der Waals surface area contributed by atoms with Gasteiger partial charge < -0.3 is 20.5 Å². The lowest BCUT2D eigenvalue weighted by atomic mass is 10.2. The average Bonchev–Trinajstić information content (AvgIpc) is 3.05. The van der Waals surface area contributed by atoms with E-state index in [2.05, 4.69) is 29.6 Å². The predicted molar refractivity (Wildman–Crippen MR) is 100.0 cm³/mol. The Morgan fingerprint density at radius 1 is 1.08 bits per heavy atom. The van der Waals surface area contributed by atoms with Gasteiger partial charge in [-0.3, -0.25) is 0 Å². The first-order chi connectivity index (χ1) is 11.8. The smallest absolute Gasteiger partial charge is 0.124 e. The molecule has 1 aromatic heterocycles. The Morgan fingerprint density at radius 2 is 1.92 bits per heavy atom. The molecule has 126 valence electrons. The van der Waals surface area contributed by atoms with Crippen molar-refractivity contribution in [1.82, 2.24) is 4.98 Å². The minimum absolute atomic E-state index is 0.517. The van der Waals surface area contributed by atoms with E-state index in [1.165, 1.54) is 0 Å². The van der Waals surface area contributed by atoms with Gasteiger partial charge in [-0.25, -0.2) is 4.98 Å². The highest BCUT2D eigenvalue weighted by Gasteiger charge is 2.07. The zero-order valence-corrected chi connectivity index (χ0v) is 14.4. The van der Waals surface area contributed by atoms with Gasteiger partial charge in [-0.15, -0.1) is 11.3 Å². The third-order valence-corrected chi connectivity index (χ3v) is 4.61. The maximum Gasteiger partial charge on any atom is 0.124 e. The van der Waals surface area contributed by atoms with E-state index < -0.39 is 0 Å². The van der Waals surface area contributed by atoms with E-state index in [4.69, 9.17) is 20.2 Å². The summed E-state index contributed by atoms with van der Waals surface area (Å²) < 4.78 is 12.1. The summed E-state index contributed by atoms with van der Waals surface area (Å²) in [7, 11) is 1.91. The maximum absolute atomic E-state index is 5.71. The molecule has 0 fully saturated rings. The molecular formula is C18H21N3O2S. The summed E-state index contributed by atoms with van der Waals surface area (Å²) >= 11 is 1.67. The molecule has 5 nitrogen and oxygen atoms in total. The van der Waals surface area contributed by atoms with E-state index in [-0.39, 0.29) is 0 Å². The lowest BCUT2D eigenvalue weighted by Gasteiger charge is -2.06. The summed E-state index contributed by atoms with van der Waals surface area (Å²) in [5.74, 6) is 0.833. The number of fused-ring (bicyclic) bond motifs is 1.